The molecule has 0 aromatic heterocycles. The number of rotatable bonds is 11. The number of carbonyl (C=O) groups excluding carboxylic acids is 3. The van der Waals surface area contributed by atoms with Crippen LogP contribution in [0.2, 0.25) is 0 Å². The van der Waals surface area contributed by atoms with Crippen molar-refractivity contribution in [3.05, 3.63) is 45.6 Å². The maximum Gasteiger partial charge on any atom is 0.305 e. The molecule has 1 aliphatic heterocycles. The van der Waals surface area contributed by atoms with Crippen LogP contribution in [0.15, 0.2) is 29.1 Å². The zero-order valence-electron chi connectivity index (χ0n) is 28.0. The Hall–Kier alpha value is -4.28. The summed E-state index contributed by atoms with van der Waals surface area (Å²) in [6, 6.07) is 5.96. The monoisotopic (exact) mass is 637 g/mol. The SMILES string of the molecule is CCC(C)C(Nc1ccc2c(cc1=O)C(NC(C)=O)CCc1cc(OC)c(OC)c(OC)c1-2)C(=O)N1CCC(CC(=O)OC)CC1. The zero-order valence-corrected chi connectivity index (χ0v) is 28.0. The van der Waals surface area contributed by atoms with Crippen LogP contribution < -0.4 is 30.3 Å². The van der Waals surface area contributed by atoms with Gasteiger partial charge in [-0.05, 0) is 72.4 Å². The fourth-order valence-electron chi connectivity index (χ4n) is 6.55. The van der Waals surface area contributed by atoms with E-state index < -0.39 is 12.1 Å². The number of ether oxygens (including phenoxy) is 4. The summed E-state index contributed by atoms with van der Waals surface area (Å²) < 4.78 is 22.0. The van der Waals surface area contributed by atoms with Crippen molar-refractivity contribution < 1.29 is 33.3 Å². The predicted molar refractivity (Wildman–Crippen MR) is 175 cm³/mol. The van der Waals surface area contributed by atoms with E-state index >= 15 is 0 Å². The average molecular weight is 638 g/mol. The lowest BCUT2D eigenvalue weighted by molar-refractivity contribution is -0.142. The van der Waals surface area contributed by atoms with Crippen molar-refractivity contribution in [2.75, 3.05) is 46.8 Å². The number of nitrogens with zero attached hydrogens (tertiary/aromatic N) is 1. The molecule has 2 amide bonds. The second kappa shape index (κ2) is 15.3. The van der Waals surface area contributed by atoms with E-state index in [1.165, 1.54) is 14.0 Å². The lowest BCUT2D eigenvalue weighted by Gasteiger charge is -2.35. The van der Waals surface area contributed by atoms with E-state index in [0.29, 0.717) is 73.6 Å². The Kier molecular flexibility index (Phi) is 11.5. The van der Waals surface area contributed by atoms with Gasteiger partial charge >= 0.3 is 5.97 Å². The van der Waals surface area contributed by atoms with E-state index in [1.54, 1.807) is 33.5 Å². The topological polar surface area (TPSA) is 132 Å². The molecule has 0 radical (unpaired) electrons. The quantitative estimate of drug-likeness (QED) is 0.342. The minimum atomic E-state index is -0.630. The Labute approximate surface area is 270 Å². The molecule has 0 saturated carbocycles. The minimum absolute atomic E-state index is 0.0623. The third kappa shape index (κ3) is 7.40. The van der Waals surface area contributed by atoms with Gasteiger partial charge in [0.1, 0.15) is 6.04 Å². The second-order valence-corrected chi connectivity index (χ2v) is 12.2. The van der Waals surface area contributed by atoms with Crippen LogP contribution in [-0.2, 0) is 25.5 Å². The molecule has 3 unspecified atom stereocenters. The molecule has 1 fully saturated rings. The average Bonchev–Trinajstić information content (AvgIpc) is 3.30. The maximum absolute atomic E-state index is 13.9. The normalized spacial score (nSPS) is 17.4. The molecule has 2 aromatic carbocycles. The Morgan fingerprint density at radius 2 is 1.67 bits per heavy atom. The number of likely N-dealkylation sites (tertiary alicyclic amines) is 1. The molecule has 11 nitrogen and oxygen atoms in total. The fourth-order valence-corrected chi connectivity index (χ4v) is 6.55. The van der Waals surface area contributed by atoms with Crippen LogP contribution in [-0.4, -0.2) is 70.3 Å². The Morgan fingerprint density at radius 3 is 2.26 bits per heavy atom. The predicted octanol–water partition coefficient (Wildman–Crippen LogP) is 4.49. The third-order valence-electron chi connectivity index (χ3n) is 9.32. The third-order valence-corrected chi connectivity index (χ3v) is 9.32. The van der Waals surface area contributed by atoms with Gasteiger partial charge in [-0.1, -0.05) is 26.3 Å². The van der Waals surface area contributed by atoms with Crippen LogP contribution in [0, 0.1) is 11.8 Å². The lowest BCUT2D eigenvalue weighted by atomic mass is 9.91. The summed E-state index contributed by atoms with van der Waals surface area (Å²) in [6.07, 6.45) is 3.65. The number of nitrogens with one attached hydrogen (secondary N) is 2. The molecule has 250 valence electrons. The molecule has 2 aliphatic rings. The molecule has 2 aromatic rings. The zero-order chi connectivity index (χ0) is 33.5. The molecule has 3 atom stereocenters. The molecule has 1 heterocycles. The molecule has 0 spiro atoms. The fraction of sp³-hybridized carbons (Fsp3) is 0.543. The van der Waals surface area contributed by atoms with E-state index in [9.17, 15) is 19.2 Å². The largest absolute Gasteiger partial charge is 0.493 e. The summed E-state index contributed by atoms with van der Waals surface area (Å²) in [5.41, 5.74) is 3.05. The minimum Gasteiger partial charge on any atom is -0.493 e. The highest BCUT2D eigenvalue weighted by Gasteiger charge is 2.33. The number of anilines is 1. The van der Waals surface area contributed by atoms with Crippen molar-refractivity contribution in [2.45, 2.75) is 71.4 Å². The van der Waals surface area contributed by atoms with Gasteiger partial charge in [0.15, 0.2) is 11.5 Å². The highest BCUT2D eigenvalue weighted by atomic mass is 16.5. The van der Waals surface area contributed by atoms with Crippen molar-refractivity contribution in [3.63, 3.8) is 0 Å². The molecular formula is C35H47N3O8. The van der Waals surface area contributed by atoms with Gasteiger partial charge in [-0.2, -0.15) is 0 Å². The van der Waals surface area contributed by atoms with Crippen LogP contribution in [0.3, 0.4) is 0 Å². The van der Waals surface area contributed by atoms with Gasteiger partial charge < -0.3 is 34.5 Å². The summed E-state index contributed by atoms with van der Waals surface area (Å²) >= 11 is 0. The number of esters is 1. The molecular weight excluding hydrogens is 590 g/mol. The number of methoxy groups -OCH3 is 4. The van der Waals surface area contributed by atoms with Gasteiger partial charge in [-0.3, -0.25) is 19.2 Å². The van der Waals surface area contributed by atoms with Crippen molar-refractivity contribution in [2.24, 2.45) is 11.8 Å². The number of fused-ring (bicyclic) bond motifs is 3. The number of hydrogen-bond acceptors (Lipinski definition) is 9. The number of piperidine rings is 1. The Bertz CT molecular complexity index is 1500. The number of hydrogen-bond donors (Lipinski definition) is 2. The van der Waals surface area contributed by atoms with E-state index in [0.717, 1.165) is 17.5 Å². The van der Waals surface area contributed by atoms with Gasteiger partial charge in [0, 0.05) is 32.0 Å². The summed E-state index contributed by atoms with van der Waals surface area (Å²) in [6.45, 7) is 6.55. The second-order valence-electron chi connectivity index (χ2n) is 12.2. The standard InChI is InChI=1S/C35H47N3O8/c1-8-20(2)32(35(42)38-15-13-22(14-16-38)17-30(41)44-5)37-27-12-10-24-25(19-28(27)40)26(36-21(3)39)11-9-23-18-29(43-4)33(45-6)34(46-7)31(23)24/h10,12,18-20,22,26,32H,8-9,11,13-17H2,1-7H3,(H,36,39)(H,37,40). The molecule has 1 aliphatic carbocycles. The first-order valence-electron chi connectivity index (χ1n) is 16.0. The summed E-state index contributed by atoms with van der Waals surface area (Å²) in [4.78, 5) is 53.7. The Morgan fingerprint density at radius 1 is 0.978 bits per heavy atom. The number of benzene rings is 1. The van der Waals surface area contributed by atoms with E-state index in [4.69, 9.17) is 18.9 Å². The van der Waals surface area contributed by atoms with Gasteiger partial charge in [0.25, 0.3) is 0 Å². The van der Waals surface area contributed by atoms with Gasteiger partial charge in [-0.25, -0.2) is 0 Å². The molecule has 2 N–H and O–H groups in total. The van der Waals surface area contributed by atoms with E-state index in [1.807, 2.05) is 30.9 Å². The number of carbonyl (C=O) groups is 3. The van der Waals surface area contributed by atoms with Gasteiger partial charge in [0.2, 0.25) is 23.0 Å². The highest BCUT2D eigenvalue weighted by Crippen LogP contribution is 2.50. The van der Waals surface area contributed by atoms with Crippen molar-refractivity contribution >= 4 is 23.5 Å². The van der Waals surface area contributed by atoms with E-state index in [-0.39, 0.29) is 40.7 Å². The van der Waals surface area contributed by atoms with Crippen molar-refractivity contribution in [1.29, 1.82) is 0 Å². The van der Waals surface area contributed by atoms with Crippen LogP contribution in [0.5, 0.6) is 17.2 Å². The Balaban J connectivity index is 1.76. The summed E-state index contributed by atoms with van der Waals surface area (Å²) in [5, 5.41) is 6.34. The first-order chi connectivity index (χ1) is 22.1. The number of amides is 2. The van der Waals surface area contributed by atoms with Gasteiger partial charge in [0.05, 0.1) is 40.2 Å². The smallest absolute Gasteiger partial charge is 0.305 e. The number of aryl methyl sites for hydroxylation is 1. The summed E-state index contributed by atoms with van der Waals surface area (Å²) in [5.74, 6) is 1.02. The molecule has 1 saturated heterocycles. The molecule has 0 bridgehead atoms. The molecule has 4 rings (SSSR count). The highest BCUT2D eigenvalue weighted by molar-refractivity contribution is 5.86. The van der Waals surface area contributed by atoms with Crippen LogP contribution in [0.1, 0.15) is 70.0 Å². The van der Waals surface area contributed by atoms with Crippen LogP contribution >= 0.6 is 0 Å². The van der Waals surface area contributed by atoms with Crippen molar-refractivity contribution in [1.82, 2.24) is 10.2 Å². The molecule has 11 heteroatoms. The van der Waals surface area contributed by atoms with Crippen molar-refractivity contribution in [3.8, 4) is 28.4 Å². The maximum atomic E-state index is 13.9. The lowest BCUT2D eigenvalue weighted by Crippen LogP contribution is -2.49. The van der Waals surface area contributed by atoms with Gasteiger partial charge in [-0.15, -0.1) is 0 Å². The molecule has 46 heavy (non-hydrogen) atoms. The van der Waals surface area contributed by atoms with E-state index in [2.05, 4.69) is 10.6 Å². The van der Waals surface area contributed by atoms with Crippen LogP contribution in [0.25, 0.3) is 11.1 Å². The first-order valence-corrected chi connectivity index (χ1v) is 16.0. The van der Waals surface area contributed by atoms with Crippen LogP contribution in [0.4, 0.5) is 5.69 Å². The first kappa shape index (κ1) is 34.6. The summed E-state index contributed by atoms with van der Waals surface area (Å²) in [7, 11) is 6.05.